The van der Waals surface area contributed by atoms with Crippen molar-refractivity contribution in [1.29, 1.82) is 0 Å². The zero-order chi connectivity index (χ0) is 24.6. The molecule has 2 aromatic carbocycles. The Morgan fingerprint density at radius 2 is 1.71 bits per heavy atom. The van der Waals surface area contributed by atoms with Crippen molar-refractivity contribution in [2.24, 2.45) is 0 Å². The molecule has 0 amide bonds. The number of nitrogens with zero attached hydrogens (tertiary/aromatic N) is 3. The number of aromatic nitrogens is 3. The van der Waals surface area contributed by atoms with E-state index < -0.39 is 29.2 Å². The Labute approximate surface area is 194 Å². The van der Waals surface area contributed by atoms with Gasteiger partial charge in [-0.05, 0) is 61.7 Å². The van der Waals surface area contributed by atoms with E-state index in [0.29, 0.717) is 5.56 Å². The van der Waals surface area contributed by atoms with Crippen LogP contribution in [0.1, 0.15) is 46.5 Å². The molecule has 0 radical (unpaired) electrons. The maximum Gasteiger partial charge on any atom is 0.417 e. The lowest BCUT2D eigenvalue weighted by molar-refractivity contribution is -0.138. The van der Waals surface area contributed by atoms with Crippen molar-refractivity contribution in [2.75, 3.05) is 0 Å². The second kappa shape index (κ2) is 8.93. The van der Waals surface area contributed by atoms with E-state index in [1.807, 2.05) is 36.7 Å². The highest BCUT2D eigenvalue weighted by atomic mass is 19.4. The maximum absolute atomic E-state index is 13.7. The van der Waals surface area contributed by atoms with Gasteiger partial charge in [-0.3, -0.25) is 4.79 Å². The fraction of sp³-hybridized carbons (Fsp3) is 0.231. The van der Waals surface area contributed by atoms with Crippen molar-refractivity contribution in [3.8, 4) is 5.69 Å². The molecule has 0 aliphatic carbocycles. The molecule has 4 rings (SSSR count). The highest BCUT2D eigenvalue weighted by Crippen LogP contribution is 2.31. The average molecular weight is 469 g/mol. The summed E-state index contributed by atoms with van der Waals surface area (Å²) in [5.74, 6) is -0.460. The van der Waals surface area contributed by atoms with E-state index in [4.69, 9.17) is 0 Å². The molecule has 2 aromatic heterocycles. The number of aryl methyl sites for hydroxylation is 2. The Kier molecular flexibility index (Phi) is 6.17. The molecule has 0 spiro atoms. The van der Waals surface area contributed by atoms with E-state index in [-0.39, 0.29) is 12.0 Å². The SMILES string of the molecule is Cc1cn(-c2ccc(Cc3cc(C(F)(F)F)cn([C@@H](C)c4ccc(F)cc4)c3=O)cc2C)cn1. The summed E-state index contributed by atoms with van der Waals surface area (Å²) in [5, 5.41) is 0. The van der Waals surface area contributed by atoms with Crippen LogP contribution in [0, 0.1) is 19.7 Å². The van der Waals surface area contributed by atoms with Gasteiger partial charge >= 0.3 is 6.18 Å². The Bertz CT molecular complexity index is 1380. The average Bonchev–Trinajstić information content (AvgIpc) is 3.20. The second-order valence-electron chi connectivity index (χ2n) is 8.41. The summed E-state index contributed by atoms with van der Waals surface area (Å²) in [7, 11) is 0. The largest absolute Gasteiger partial charge is 0.417 e. The molecule has 34 heavy (non-hydrogen) atoms. The van der Waals surface area contributed by atoms with Crippen molar-refractivity contribution < 1.29 is 17.6 Å². The summed E-state index contributed by atoms with van der Waals surface area (Å²) < 4.78 is 57.3. The maximum atomic E-state index is 13.7. The molecule has 0 saturated heterocycles. The molecule has 0 aliphatic rings. The van der Waals surface area contributed by atoms with E-state index >= 15 is 0 Å². The van der Waals surface area contributed by atoms with Gasteiger partial charge in [-0.1, -0.05) is 24.3 Å². The number of benzene rings is 2. The number of imidazole rings is 1. The quantitative estimate of drug-likeness (QED) is 0.336. The number of halogens is 4. The van der Waals surface area contributed by atoms with Crippen LogP contribution in [-0.2, 0) is 12.6 Å². The van der Waals surface area contributed by atoms with Gasteiger partial charge in [-0.25, -0.2) is 9.37 Å². The van der Waals surface area contributed by atoms with Gasteiger partial charge in [-0.2, -0.15) is 13.2 Å². The van der Waals surface area contributed by atoms with Gasteiger partial charge in [-0.15, -0.1) is 0 Å². The fourth-order valence-electron chi connectivity index (χ4n) is 4.02. The minimum atomic E-state index is -4.62. The third-order valence-electron chi connectivity index (χ3n) is 5.86. The lowest BCUT2D eigenvalue weighted by Gasteiger charge is -2.20. The number of rotatable bonds is 5. The molecule has 8 heteroatoms. The monoisotopic (exact) mass is 469 g/mol. The van der Waals surface area contributed by atoms with Crippen molar-refractivity contribution in [3.63, 3.8) is 0 Å². The van der Waals surface area contributed by atoms with Crippen molar-refractivity contribution in [3.05, 3.63) is 117 Å². The van der Waals surface area contributed by atoms with Gasteiger partial charge in [0.05, 0.1) is 23.6 Å². The predicted molar refractivity (Wildman–Crippen MR) is 122 cm³/mol. The Balaban J connectivity index is 1.74. The van der Waals surface area contributed by atoms with Gasteiger partial charge in [0.15, 0.2) is 0 Å². The molecule has 0 unspecified atom stereocenters. The molecule has 176 valence electrons. The first-order valence-electron chi connectivity index (χ1n) is 10.7. The van der Waals surface area contributed by atoms with Gasteiger partial charge in [0.25, 0.3) is 5.56 Å². The zero-order valence-electron chi connectivity index (χ0n) is 18.9. The fourth-order valence-corrected chi connectivity index (χ4v) is 4.02. The van der Waals surface area contributed by atoms with Crippen LogP contribution in [0.5, 0.6) is 0 Å². The Morgan fingerprint density at radius 1 is 1.00 bits per heavy atom. The summed E-state index contributed by atoms with van der Waals surface area (Å²) in [6.45, 7) is 5.39. The molecule has 4 nitrogen and oxygen atoms in total. The highest BCUT2D eigenvalue weighted by Gasteiger charge is 2.32. The first-order valence-corrected chi connectivity index (χ1v) is 10.7. The molecule has 0 saturated carbocycles. The minimum absolute atomic E-state index is 0.0365. The molecular weight excluding hydrogens is 446 g/mol. The third-order valence-corrected chi connectivity index (χ3v) is 5.86. The van der Waals surface area contributed by atoms with Gasteiger partial charge in [0.1, 0.15) is 5.82 Å². The van der Waals surface area contributed by atoms with E-state index in [0.717, 1.165) is 39.3 Å². The van der Waals surface area contributed by atoms with Crippen LogP contribution in [0.3, 0.4) is 0 Å². The Hall–Kier alpha value is -3.68. The van der Waals surface area contributed by atoms with Crippen LogP contribution in [0.2, 0.25) is 0 Å². The van der Waals surface area contributed by atoms with Crippen molar-refractivity contribution in [1.82, 2.24) is 14.1 Å². The summed E-state index contributed by atoms with van der Waals surface area (Å²) in [5.41, 5.74) is 2.53. The molecule has 0 aliphatic heterocycles. The molecule has 4 aromatic rings. The van der Waals surface area contributed by atoms with Crippen LogP contribution in [0.25, 0.3) is 5.69 Å². The van der Waals surface area contributed by atoms with Crippen LogP contribution in [0.15, 0.2) is 72.0 Å². The first kappa shape index (κ1) is 23.5. The minimum Gasteiger partial charge on any atom is -0.307 e. The smallest absolute Gasteiger partial charge is 0.307 e. The second-order valence-corrected chi connectivity index (χ2v) is 8.41. The number of hydrogen-bond acceptors (Lipinski definition) is 2. The molecular formula is C26H23F4N3O. The number of alkyl halides is 3. The topological polar surface area (TPSA) is 39.8 Å². The molecule has 0 N–H and O–H groups in total. The van der Waals surface area contributed by atoms with Gasteiger partial charge in [0.2, 0.25) is 0 Å². The van der Waals surface area contributed by atoms with Crippen LogP contribution >= 0.6 is 0 Å². The van der Waals surface area contributed by atoms with Crippen LogP contribution in [-0.4, -0.2) is 14.1 Å². The first-order chi connectivity index (χ1) is 16.0. The molecule has 0 fully saturated rings. The third kappa shape index (κ3) is 4.81. The van der Waals surface area contributed by atoms with Crippen LogP contribution < -0.4 is 5.56 Å². The van der Waals surface area contributed by atoms with E-state index in [1.54, 1.807) is 19.3 Å². The lowest BCUT2D eigenvalue weighted by Crippen LogP contribution is -2.29. The zero-order valence-corrected chi connectivity index (χ0v) is 18.9. The summed E-state index contributed by atoms with van der Waals surface area (Å²) >= 11 is 0. The molecule has 0 bridgehead atoms. The normalized spacial score (nSPS) is 12.7. The van der Waals surface area contributed by atoms with E-state index in [1.165, 1.54) is 24.3 Å². The number of pyridine rings is 1. The standard InChI is InChI=1S/C26H23F4N3O/c1-16-10-19(4-9-24(16)32-13-17(2)31-15-32)11-21-12-22(26(28,29)30)14-33(25(21)34)18(3)20-5-7-23(27)8-6-20/h4-10,12-15,18H,11H2,1-3H3/t18-/m0/s1. The summed E-state index contributed by atoms with van der Waals surface area (Å²) in [6.07, 6.45) is -0.172. The van der Waals surface area contributed by atoms with E-state index in [9.17, 15) is 22.4 Å². The molecule has 1 atom stereocenters. The highest BCUT2D eigenvalue weighted by molar-refractivity contribution is 5.44. The van der Waals surface area contributed by atoms with Gasteiger partial charge in [0, 0.05) is 30.1 Å². The summed E-state index contributed by atoms with van der Waals surface area (Å²) in [4.78, 5) is 17.4. The summed E-state index contributed by atoms with van der Waals surface area (Å²) in [6, 6.07) is 11.1. The van der Waals surface area contributed by atoms with E-state index in [2.05, 4.69) is 4.98 Å². The van der Waals surface area contributed by atoms with Crippen molar-refractivity contribution >= 4 is 0 Å². The number of hydrogen-bond donors (Lipinski definition) is 0. The lowest BCUT2D eigenvalue weighted by atomic mass is 10.0. The Morgan fingerprint density at radius 3 is 2.29 bits per heavy atom. The predicted octanol–water partition coefficient (Wildman–Crippen LogP) is 6.01. The van der Waals surface area contributed by atoms with Crippen molar-refractivity contribution in [2.45, 2.75) is 39.4 Å². The van der Waals surface area contributed by atoms with Crippen LogP contribution in [0.4, 0.5) is 17.6 Å². The molecule has 2 heterocycles. The van der Waals surface area contributed by atoms with Gasteiger partial charge < -0.3 is 9.13 Å².